The molecule has 0 bridgehead atoms. The molecule has 3 heteroatoms. The van der Waals surface area contributed by atoms with Crippen LogP contribution in [0.2, 0.25) is 0 Å². The zero-order valence-corrected chi connectivity index (χ0v) is 9.13. The van der Waals surface area contributed by atoms with Crippen LogP contribution >= 0.6 is 0 Å². The number of aliphatic imine (C=N–C) groups is 1. The van der Waals surface area contributed by atoms with Crippen molar-refractivity contribution in [1.82, 2.24) is 10.2 Å². The van der Waals surface area contributed by atoms with E-state index in [-0.39, 0.29) is 0 Å². The summed E-state index contributed by atoms with van der Waals surface area (Å²) in [6.45, 7) is 3.42. The van der Waals surface area contributed by atoms with Gasteiger partial charge in [0.2, 0.25) is 0 Å². The molecule has 1 N–H and O–H groups in total. The zero-order valence-electron chi connectivity index (χ0n) is 9.13. The van der Waals surface area contributed by atoms with Gasteiger partial charge in [0.25, 0.3) is 0 Å². The Balaban J connectivity index is 1.85. The highest BCUT2D eigenvalue weighted by molar-refractivity contribution is 5.83. The number of nitrogens with one attached hydrogen (secondary N) is 1. The van der Waals surface area contributed by atoms with Crippen molar-refractivity contribution in [3.05, 3.63) is 0 Å². The second-order valence-corrected chi connectivity index (χ2v) is 4.42. The fourth-order valence-electron chi connectivity index (χ4n) is 2.30. The van der Waals surface area contributed by atoms with Crippen LogP contribution in [0.3, 0.4) is 0 Å². The molecule has 0 saturated carbocycles. The summed E-state index contributed by atoms with van der Waals surface area (Å²) in [7, 11) is 2.17. The average molecular weight is 195 g/mol. The third-order valence-corrected chi connectivity index (χ3v) is 3.23. The van der Waals surface area contributed by atoms with Crippen molar-refractivity contribution in [2.75, 3.05) is 26.7 Å². The molecular weight excluding hydrogens is 174 g/mol. The third kappa shape index (κ3) is 2.47. The molecule has 14 heavy (non-hydrogen) atoms. The highest BCUT2D eigenvalue weighted by atomic mass is 15.2. The number of hydrogen-bond donors (Lipinski definition) is 1. The number of amidine groups is 1. The van der Waals surface area contributed by atoms with Gasteiger partial charge in [0, 0.05) is 32.6 Å². The fourth-order valence-corrected chi connectivity index (χ4v) is 2.30. The van der Waals surface area contributed by atoms with E-state index in [4.69, 9.17) is 0 Å². The third-order valence-electron chi connectivity index (χ3n) is 3.23. The van der Waals surface area contributed by atoms with Gasteiger partial charge >= 0.3 is 0 Å². The molecule has 0 aliphatic carbocycles. The predicted molar refractivity (Wildman–Crippen MR) is 59.8 cm³/mol. The van der Waals surface area contributed by atoms with Gasteiger partial charge in [-0.3, -0.25) is 4.99 Å². The van der Waals surface area contributed by atoms with Crippen LogP contribution in [0.5, 0.6) is 0 Å². The van der Waals surface area contributed by atoms with Gasteiger partial charge in [-0.05, 0) is 25.8 Å². The van der Waals surface area contributed by atoms with Crippen LogP contribution in [-0.4, -0.2) is 43.5 Å². The van der Waals surface area contributed by atoms with E-state index in [0.29, 0.717) is 6.04 Å². The average Bonchev–Trinajstić information content (AvgIpc) is 2.23. The maximum Gasteiger partial charge on any atom is 0.100 e. The Morgan fingerprint density at radius 1 is 1.43 bits per heavy atom. The summed E-state index contributed by atoms with van der Waals surface area (Å²) >= 11 is 0. The van der Waals surface area contributed by atoms with Crippen molar-refractivity contribution < 1.29 is 0 Å². The molecule has 0 aromatic carbocycles. The van der Waals surface area contributed by atoms with Gasteiger partial charge in [0.1, 0.15) is 5.84 Å². The van der Waals surface area contributed by atoms with Gasteiger partial charge in [-0.25, -0.2) is 0 Å². The molecule has 0 aromatic rings. The van der Waals surface area contributed by atoms with E-state index >= 15 is 0 Å². The summed E-state index contributed by atoms with van der Waals surface area (Å²) < 4.78 is 0. The summed E-state index contributed by atoms with van der Waals surface area (Å²) in [6, 6.07) is 0.683. The van der Waals surface area contributed by atoms with Gasteiger partial charge in [-0.1, -0.05) is 6.42 Å². The van der Waals surface area contributed by atoms with Crippen LogP contribution in [0, 0.1) is 0 Å². The fraction of sp³-hybridized carbons (Fsp3) is 0.909. The highest BCUT2D eigenvalue weighted by Crippen LogP contribution is 2.13. The monoisotopic (exact) mass is 195 g/mol. The van der Waals surface area contributed by atoms with Crippen molar-refractivity contribution in [2.45, 2.75) is 38.1 Å². The van der Waals surface area contributed by atoms with Gasteiger partial charge in [-0.15, -0.1) is 0 Å². The number of piperidine rings is 1. The molecule has 2 aliphatic rings. The maximum atomic E-state index is 4.61. The minimum atomic E-state index is 0.683. The lowest BCUT2D eigenvalue weighted by molar-refractivity contribution is 0.385. The van der Waals surface area contributed by atoms with E-state index in [1.165, 1.54) is 44.6 Å². The van der Waals surface area contributed by atoms with Crippen LogP contribution in [0.15, 0.2) is 4.99 Å². The lowest BCUT2D eigenvalue weighted by Gasteiger charge is -2.30. The molecule has 0 aromatic heterocycles. The summed E-state index contributed by atoms with van der Waals surface area (Å²) in [5.41, 5.74) is 0. The number of hydrogen-bond acceptors (Lipinski definition) is 3. The molecule has 1 saturated heterocycles. The van der Waals surface area contributed by atoms with Crippen molar-refractivity contribution in [3.63, 3.8) is 0 Å². The van der Waals surface area contributed by atoms with Gasteiger partial charge in [-0.2, -0.15) is 0 Å². The lowest BCUT2D eigenvalue weighted by atomic mass is 10.0. The second kappa shape index (κ2) is 4.78. The van der Waals surface area contributed by atoms with Crippen molar-refractivity contribution in [3.8, 4) is 0 Å². The Kier molecular flexibility index (Phi) is 3.40. The molecule has 1 fully saturated rings. The van der Waals surface area contributed by atoms with E-state index in [2.05, 4.69) is 22.3 Å². The second-order valence-electron chi connectivity index (χ2n) is 4.42. The Morgan fingerprint density at radius 2 is 2.36 bits per heavy atom. The first-order chi connectivity index (χ1) is 6.86. The Morgan fingerprint density at radius 3 is 3.07 bits per heavy atom. The van der Waals surface area contributed by atoms with E-state index < -0.39 is 0 Å². The summed E-state index contributed by atoms with van der Waals surface area (Å²) in [5.74, 6) is 1.32. The minimum absolute atomic E-state index is 0.683. The van der Waals surface area contributed by atoms with Gasteiger partial charge < -0.3 is 10.2 Å². The SMILES string of the molecule is CN1CCCN=C1CC1CCCCN1. The van der Waals surface area contributed by atoms with Gasteiger partial charge in [0.15, 0.2) is 0 Å². The molecule has 2 heterocycles. The molecule has 1 unspecified atom stereocenters. The molecular formula is C11H21N3. The van der Waals surface area contributed by atoms with E-state index in [9.17, 15) is 0 Å². The Hall–Kier alpha value is -0.570. The standard InChI is InChI=1S/C11H21N3/c1-14-8-4-7-13-11(14)9-10-5-2-3-6-12-10/h10,12H,2-9H2,1H3. The van der Waals surface area contributed by atoms with E-state index in [1.807, 2.05) is 0 Å². The van der Waals surface area contributed by atoms with Crippen LogP contribution in [0.4, 0.5) is 0 Å². The Labute approximate surface area is 86.6 Å². The number of rotatable bonds is 2. The summed E-state index contributed by atoms with van der Waals surface area (Å²) in [6.07, 6.45) is 6.41. The van der Waals surface area contributed by atoms with Crippen LogP contribution in [-0.2, 0) is 0 Å². The smallest absolute Gasteiger partial charge is 0.100 e. The van der Waals surface area contributed by atoms with Crippen molar-refractivity contribution in [2.24, 2.45) is 4.99 Å². The topological polar surface area (TPSA) is 27.6 Å². The highest BCUT2D eigenvalue weighted by Gasteiger charge is 2.18. The first-order valence-electron chi connectivity index (χ1n) is 5.84. The van der Waals surface area contributed by atoms with Crippen molar-refractivity contribution >= 4 is 5.84 Å². The van der Waals surface area contributed by atoms with Crippen LogP contribution in [0.25, 0.3) is 0 Å². The predicted octanol–water partition coefficient (Wildman–Crippen LogP) is 1.25. The largest absolute Gasteiger partial charge is 0.363 e. The number of nitrogens with zero attached hydrogens (tertiary/aromatic N) is 2. The molecule has 0 spiro atoms. The Bertz CT molecular complexity index is 207. The molecule has 2 rings (SSSR count). The quantitative estimate of drug-likeness (QED) is 0.718. The van der Waals surface area contributed by atoms with Crippen molar-refractivity contribution in [1.29, 1.82) is 0 Å². The molecule has 3 nitrogen and oxygen atoms in total. The molecule has 1 atom stereocenters. The van der Waals surface area contributed by atoms with E-state index in [1.54, 1.807) is 0 Å². The maximum absolute atomic E-state index is 4.61. The first kappa shape index (κ1) is 9.97. The summed E-state index contributed by atoms with van der Waals surface area (Å²) in [5, 5.41) is 3.58. The summed E-state index contributed by atoms with van der Waals surface area (Å²) in [4.78, 5) is 6.93. The molecule has 2 aliphatic heterocycles. The van der Waals surface area contributed by atoms with E-state index in [0.717, 1.165) is 13.0 Å². The van der Waals surface area contributed by atoms with Gasteiger partial charge in [0.05, 0.1) is 0 Å². The zero-order chi connectivity index (χ0) is 9.80. The molecule has 80 valence electrons. The lowest BCUT2D eigenvalue weighted by Crippen LogP contribution is -2.41. The minimum Gasteiger partial charge on any atom is -0.363 e. The van der Waals surface area contributed by atoms with Crippen LogP contribution in [0.1, 0.15) is 32.1 Å². The molecule has 0 amide bonds. The molecule has 0 radical (unpaired) electrons. The normalized spacial score (nSPS) is 28.8. The van der Waals surface area contributed by atoms with Crippen LogP contribution < -0.4 is 5.32 Å². The first-order valence-corrected chi connectivity index (χ1v) is 5.84.